The molecule has 2 aliphatic rings. The summed E-state index contributed by atoms with van der Waals surface area (Å²) in [4.78, 5) is 0. The molecular formula is C18H26FNO. The third-order valence-electron chi connectivity index (χ3n) is 5.36. The average molecular weight is 291 g/mol. The molecular weight excluding hydrogens is 265 g/mol. The summed E-state index contributed by atoms with van der Waals surface area (Å²) in [6, 6.07) is 7.65. The van der Waals surface area contributed by atoms with E-state index >= 15 is 0 Å². The highest BCUT2D eigenvalue weighted by Gasteiger charge is 2.59. The van der Waals surface area contributed by atoms with Crippen molar-refractivity contribution in [2.24, 2.45) is 17.3 Å². The molecule has 2 nitrogen and oxygen atoms in total. The zero-order chi connectivity index (χ0) is 15.2. The fourth-order valence-electron chi connectivity index (χ4n) is 4.20. The lowest BCUT2D eigenvalue weighted by Gasteiger charge is -2.56. The van der Waals surface area contributed by atoms with E-state index in [4.69, 9.17) is 4.74 Å². The first-order valence-corrected chi connectivity index (χ1v) is 8.04. The van der Waals surface area contributed by atoms with Gasteiger partial charge in [0.2, 0.25) is 0 Å². The van der Waals surface area contributed by atoms with Crippen molar-refractivity contribution in [2.75, 3.05) is 6.61 Å². The molecule has 4 unspecified atom stereocenters. The van der Waals surface area contributed by atoms with Gasteiger partial charge in [-0.05, 0) is 30.0 Å². The summed E-state index contributed by atoms with van der Waals surface area (Å²) >= 11 is 0. The largest absolute Gasteiger partial charge is 0.377 e. The molecule has 0 bridgehead atoms. The van der Waals surface area contributed by atoms with Crippen molar-refractivity contribution in [3.63, 3.8) is 0 Å². The minimum atomic E-state index is -0.172. The number of halogens is 1. The first-order chi connectivity index (χ1) is 9.91. The zero-order valence-corrected chi connectivity index (χ0v) is 13.4. The SMILES string of the molecule is CC(C)C(NC1C2CCOC2C1(C)C)c1ccc(F)cc1. The summed E-state index contributed by atoms with van der Waals surface area (Å²) in [5.74, 6) is 0.920. The van der Waals surface area contributed by atoms with E-state index < -0.39 is 0 Å². The van der Waals surface area contributed by atoms with Crippen molar-refractivity contribution < 1.29 is 9.13 Å². The zero-order valence-electron chi connectivity index (χ0n) is 13.4. The van der Waals surface area contributed by atoms with Crippen LogP contribution < -0.4 is 5.32 Å². The number of hydrogen-bond donors (Lipinski definition) is 1. The minimum absolute atomic E-state index is 0.172. The molecule has 1 saturated carbocycles. The van der Waals surface area contributed by atoms with Gasteiger partial charge in [-0.15, -0.1) is 0 Å². The summed E-state index contributed by atoms with van der Waals surface area (Å²) in [5.41, 5.74) is 1.35. The van der Waals surface area contributed by atoms with Crippen molar-refractivity contribution in [3.05, 3.63) is 35.6 Å². The van der Waals surface area contributed by atoms with E-state index in [-0.39, 0.29) is 17.3 Å². The second-order valence-corrected chi connectivity index (χ2v) is 7.48. The van der Waals surface area contributed by atoms with Crippen LogP contribution in [-0.4, -0.2) is 18.8 Å². The van der Waals surface area contributed by atoms with Crippen molar-refractivity contribution >= 4 is 0 Å². The van der Waals surface area contributed by atoms with Crippen molar-refractivity contribution in [1.29, 1.82) is 0 Å². The number of nitrogens with one attached hydrogen (secondary N) is 1. The van der Waals surface area contributed by atoms with Crippen molar-refractivity contribution in [1.82, 2.24) is 5.32 Å². The van der Waals surface area contributed by atoms with Crippen LogP contribution in [0.2, 0.25) is 0 Å². The maximum absolute atomic E-state index is 13.2. The van der Waals surface area contributed by atoms with Crippen LogP contribution in [0.4, 0.5) is 4.39 Å². The second-order valence-electron chi connectivity index (χ2n) is 7.48. The van der Waals surface area contributed by atoms with Gasteiger partial charge in [0, 0.05) is 30.0 Å². The highest BCUT2D eigenvalue weighted by atomic mass is 19.1. The number of benzene rings is 1. The molecule has 0 radical (unpaired) electrons. The Morgan fingerprint density at radius 1 is 1.24 bits per heavy atom. The average Bonchev–Trinajstić information content (AvgIpc) is 2.87. The molecule has 4 atom stereocenters. The Labute approximate surface area is 127 Å². The van der Waals surface area contributed by atoms with Crippen LogP contribution in [0, 0.1) is 23.1 Å². The van der Waals surface area contributed by atoms with Gasteiger partial charge in [0.15, 0.2) is 0 Å². The molecule has 3 rings (SSSR count). The van der Waals surface area contributed by atoms with Crippen LogP contribution in [-0.2, 0) is 4.74 Å². The van der Waals surface area contributed by atoms with E-state index in [0.29, 0.717) is 24.0 Å². The Hall–Kier alpha value is -0.930. The Bertz CT molecular complexity index is 496. The van der Waals surface area contributed by atoms with Gasteiger partial charge in [-0.1, -0.05) is 39.8 Å². The molecule has 1 aromatic rings. The predicted molar refractivity (Wildman–Crippen MR) is 82.5 cm³/mol. The number of fused-ring (bicyclic) bond motifs is 1. The van der Waals surface area contributed by atoms with E-state index in [9.17, 15) is 4.39 Å². The summed E-state index contributed by atoms with van der Waals surface area (Å²) in [6.45, 7) is 9.91. The quantitative estimate of drug-likeness (QED) is 0.907. The van der Waals surface area contributed by atoms with Gasteiger partial charge in [0.25, 0.3) is 0 Å². The first kappa shape index (κ1) is 15.0. The molecule has 3 heteroatoms. The van der Waals surface area contributed by atoms with Crippen LogP contribution in [0.1, 0.15) is 45.7 Å². The van der Waals surface area contributed by atoms with E-state index in [1.165, 1.54) is 5.56 Å². The highest BCUT2D eigenvalue weighted by Crippen LogP contribution is 2.53. The van der Waals surface area contributed by atoms with Gasteiger partial charge < -0.3 is 10.1 Å². The smallest absolute Gasteiger partial charge is 0.123 e. The molecule has 1 aliphatic heterocycles. The van der Waals surface area contributed by atoms with Gasteiger partial charge in [0.1, 0.15) is 5.82 Å². The first-order valence-electron chi connectivity index (χ1n) is 8.04. The minimum Gasteiger partial charge on any atom is -0.377 e. The molecule has 2 fully saturated rings. The Kier molecular flexibility index (Phi) is 3.83. The Morgan fingerprint density at radius 2 is 1.90 bits per heavy atom. The van der Waals surface area contributed by atoms with Crippen LogP contribution >= 0.6 is 0 Å². The number of hydrogen-bond acceptors (Lipinski definition) is 2. The molecule has 1 aliphatic carbocycles. The standard InChI is InChI=1S/C18H26FNO/c1-11(2)15(12-5-7-13(19)8-6-12)20-16-14-9-10-21-17(14)18(16,3)4/h5-8,11,14-17,20H,9-10H2,1-4H3. The van der Waals surface area contributed by atoms with Gasteiger partial charge in [-0.3, -0.25) is 0 Å². The van der Waals surface area contributed by atoms with Gasteiger partial charge >= 0.3 is 0 Å². The summed E-state index contributed by atoms with van der Waals surface area (Å²) < 4.78 is 19.0. The Balaban J connectivity index is 1.78. The highest BCUT2D eigenvalue weighted by molar-refractivity contribution is 5.22. The van der Waals surface area contributed by atoms with Crippen LogP contribution in [0.25, 0.3) is 0 Å². The molecule has 21 heavy (non-hydrogen) atoms. The lowest BCUT2D eigenvalue weighted by molar-refractivity contribution is -0.117. The Morgan fingerprint density at radius 3 is 2.52 bits per heavy atom. The molecule has 1 aromatic carbocycles. The number of rotatable bonds is 4. The fourth-order valence-corrected chi connectivity index (χ4v) is 4.20. The maximum atomic E-state index is 13.2. The normalized spacial score (nSPS) is 31.8. The van der Waals surface area contributed by atoms with Crippen molar-refractivity contribution in [3.8, 4) is 0 Å². The van der Waals surface area contributed by atoms with Crippen LogP contribution in [0.15, 0.2) is 24.3 Å². The van der Waals surface area contributed by atoms with E-state index in [1.807, 2.05) is 12.1 Å². The number of ether oxygens (including phenoxy) is 1. The molecule has 0 amide bonds. The van der Waals surface area contributed by atoms with E-state index in [1.54, 1.807) is 12.1 Å². The van der Waals surface area contributed by atoms with Gasteiger partial charge in [-0.25, -0.2) is 4.39 Å². The summed E-state index contributed by atoms with van der Waals surface area (Å²) in [7, 11) is 0. The third-order valence-corrected chi connectivity index (χ3v) is 5.36. The molecule has 0 spiro atoms. The third kappa shape index (κ3) is 2.51. The predicted octanol–water partition coefficient (Wildman–Crippen LogP) is 3.93. The lowest BCUT2D eigenvalue weighted by Crippen LogP contribution is -2.66. The molecule has 0 aromatic heterocycles. The lowest BCUT2D eigenvalue weighted by atomic mass is 9.57. The van der Waals surface area contributed by atoms with E-state index in [0.717, 1.165) is 13.0 Å². The summed E-state index contributed by atoms with van der Waals surface area (Å²) in [6.07, 6.45) is 1.55. The van der Waals surface area contributed by atoms with Gasteiger partial charge in [-0.2, -0.15) is 0 Å². The van der Waals surface area contributed by atoms with E-state index in [2.05, 4.69) is 33.0 Å². The molecule has 1 heterocycles. The fraction of sp³-hybridized carbons (Fsp3) is 0.667. The second kappa shape index (κ2) is 5.36. The monoisotopic (exact) mass is 291 g/mol. The van der Waals surface area contributed by atoms with Crippen LogP contribution in [0.5, 0.6) is 0 Å². The molecule has 1 saturated heterocycles. The topological polar surface area (TPSA) is 21.3 Å². The molecule has 1 N–H and O–H groups in total. The maximum Gasteiger partial charge on any atom is 0.123 e. The van der Waals surface area contributed by atoms with Crippen LogP contribution in [0.3, 0.4) is 0 Å². The van der Waals surface area contributed by atoms with Crippen molar-refractivity contribution in [2.45, 2.75) is 52.3 Å². The molecule has 116 valence electrons. The van der Waals surface area contributed by atoms with Gasteiger partial charge in [0.05, 0.1) is 6.10 Å². The summed E-state index contributed by atoms with van der Waals surface area (Å²) in [5, 5.41) is 3.85.